The van der Waals surface area contributed by atoms with Crippen LogP contribution in [-0.2, 0) is 4.79 Å². The lowest BCUT2D eigenvalue weighted by Crippen LogP contribution is -2.37. The number of nitrogens with one attached hydrogen (secondary N) is 2. The zero-order valence-corrected chi connectivity index (χ0v) is 14.1. The van der Waals surface area contributed by atoms with Gasteiger partial charge < -0.3 is 10.2 Å². The van der Waals surface area contributed by atoms with Crippen LogP contribution in [0.4, 0.5) is 15.8 Å². The van der Waals surface area contributed by atoms with Crippen molar-refractivity contribution < 1.29 is 9.18 Å². The van der Waals surface area contributed by atoms with Gasteiger partial charge in [-0.05, 0) is 43.4 Å². The predicted molar refractivity (Wildman–Crippen MR) is 94.2 cm³/mol. The van der Waals surface area contributed by atoms with Crippen molar-refractivity contribution in [3.05, 3.63) is 52.2 Å². The summed E-state index contributed by atoms with van der Waals surface area (Å²) < 4.78 is 13.6. The van der Waals surface area contributed by atoms with Gasteiger partial charge in [0.15, 0.2) is 0 Å². The zero-order valence-electron chi connectivity index (χ0n) is 14.1. The molecule has 25 heavy (non-hydrogen) atoms. The number of aromatic nitrogens is 2. The van der Waals surface area contributed by atoms with Crippen LogP contribution in [0, 0.1) is 18.7 Å². The van der Waals surface area contributed by atoms with E-state index in [2.05, 4.69) is 20.4 Å². The van der Waals surface area contributed by atoms with Gasteiger partial charge in [0.05, 0.1) is 11.9 Å². The topological polar surface area (TPSA) is 78.1 Å². The number of amides is 1. The van der Waals surface area contributed by atoms with E-state index in [0.29, 0.717) is 24.2 Å². The highest BCUT2D eigenvalue weighted by atomic mass is 19.1. The van der Waals surface area contributed by atoms with Crippen LogP contribution < -0.4 is 15.8 Å². The molecule has 0 aliphatic carbocycles. The third-order valence-corrected chi connectivity index (χ3v) is 4.46. The molecule has 3 rings (SSSR count). The van der Waals surface area contributed by atoms with Crippen molar-refractivity contribution in [3.8, 4) is 0 Å². The first kappa shape index (κ1) is 17.1. The number of H-pyrrole nitrogens is 1. The number of carbonyl (C=O) groups excluding carboxylic acids is 1. The molecule has 1 aromatic carbocycles. The van der Waals surface area contributed by atoms with Crippen molar-refractivity contribution in [3.63, 3.8) is 0 Å². The first-order valence-electron chi connectivity index (χ1n) is 8.37. The SMILES string of the molecule is Cc1ccc(NC(=O)CC2CCCN(c3cn[nH]c(=O)c3)C2)cc1F. The Morgan fingerprint density at radius 2 is 2.28 bits per heavy atom. The molecule has 0 radical (unpaired) electrons. The number of aromatic amines is 1. The number of benzene rings is 1. The van der Waals surface area contributed by atoms with Gasteiger partial charge in [-0.2, -0.15) is 5.10 Å². The number of carbonyl (C=O) groups is 1. The van der Waals surface area contributed by atoms with Crippen molar-refractivity contribution in [2.75, 3.05) is 23.3 Å². The van der Waals surface area contributed by atoms with Gasteiger partial charge in [0.25, 0.3) is 5.56 Å². The van der Waals surface area contributed by atoms with Crippen LogP contribution in [0.1, 0.15) is 24.8 Å². The highest BCUT2D eigenvalue weighted by Crippen LogP contribution is 2.24. The summed E-state index contributed by atoms with van der Waals surface area (Å²) in [5.41, 5.74) is 1.56. The second-order valence-corrected chi connectivity index (χ2v) is 6.47. The Morgan fingerprint density at radius 3 is 3.04 bits per heavy atom. The summed E-state index contributed by atoms with van der Waals surface area (Å²) in [7, 11) is 0. The molecule has 1 aliphatic heterocycles. The molecule has 1 aliphatic rings. The van der Waals surface area contributed by atoms with Crippen LogP contribution in [0.25, 0.3) is 0 Å². The van der Waals surface area contributed by atoms with Gasteiger partial charge in [-0.3, -0.25) is 9.59 Å². The molecule has 1 unspecified atom stereocenters. The summed E-state index contributed by atoms with van der Waals surface area (Å²) in [6.45, 7) is 3.22. The molecular formula is C18H21FN4O2. The lowest BCUT2D eigenvalue weighted by molar-refractivity contribution is -0.117. The van der Waals surface area contributed by atoms with Crippen molar-refractivity contribution in [2.45, 2.75) is 26.2 Å². The van der Waals surface area contributed by atoms with E-state index in [-0.39, 0.29) is 23.2 Å². The lowest BCUT2D eigenvalue weighted by atomic mass is 9.94. The molecule has 1 atom stereocenters. The standard InChI is InChI=1S/C18H21FN4O2/c1-12-4-5-14(8-16(12)19)21-17(24)7-13-3-2-6-23(11-13)15-9-18(25)22-20-10-15/h4-5,8-10,13H,2-3,6-7,11H2,1H3,(H,21,24)(H,22,25). The summed E-state index contributed by atoms with van der Waals surface area (Å²) in [6.07, 6.45) is 3.88. The fourth-order valence-electron chi connectivity index (χ4n) is 3.15. The van der Waals surface area contributed by atoms with Gasteiger partial charge >= 0.3 is 0 Å². The van der Waals surface area contributed by atoms with Gasteiger partial charge in [0.1, 0.15) is 5.82 Å². The Balaban J connectivity index is 1.59. The molecule has 6 nitrogen and oxygen atoms in total. The number of piperidine rings is 1. The Bertz CT molecular complexity index is 821. The molecule has 132 valence electrons. The minimum atomic E-state index is -0.330. The van der Waals surface area contributed by atoms with Gasteiger partial charge in [0, 0.05) is 31.3 Å². The van der Waals surface area contributed by atoms with Gasteiger partial charge in [0.2, 0.25) is 5.91 Å². The third-order valence-electron chi connectivity index (χ3n) is 4.46. The number of hydrogen-bond donors (Lipinski definition) is 2. The van der Waals surface area contributed by atoms with E-state index >= 15 is 0 Å². The Morgan fingerprint density at radius 1 is 1.44 bits per heavy atom. The van der Waals surface area contributed by atoms with Gasteiger partial charge in [-0.1, -0.05) is 6.07 Å². The molecule has 2 aromatic rings. The fourth-order valence-corrected chi connectivity index (χ4v) is 3.15. The summed E-state index contributed by atoms with van der Waals surface area (Å²) >= 11 is 0. The van der Waals surface area contributed by atoms with Crippen molar-refractivity contribution in [1.29, 1.82) is 0 Å². The number of aryl methyl sites for hydroxylation is 1. The van der Waals surface area contributed by atoms with Crippen LogP contribution in [0.15, 0.2) is 35.3 Å². The summed E-state index contributed by atoms with van der Waals surface area (Å²) in [6, 6.07) is 6.20. The minimum Gasteiger partial charge on any atom is -0.370 e. The molecule has 1 amide bonds. The van der Waals surface area contributed by atoms with Crippen LogP contribution in [-0.4, -0.2) is 29.2 Å². The molecule has 1 saturated heterocycles. The lowest BCUT2D eigenvalue weighted by Gasteiger charge is -2.33. The summed E-state index contributed by atoms with van der Waals surface area (Å²) in [5, 5.41) is 8.94. The molecule has 1 fully saturated rings. The smallest absolute Gasteiger partial charge is 0.266 e. The van der Waals surface area contributed by atoms with Crippen molar-refractivity contribution in [1.82, 2.24) is 10.2 Å². The van der Waals surface area contributed by atoms with E-state index in [4.69, 9.17) is 0 Å². The number of halogens is 1. The number of nitrogens with zero attached hydrogens (tertiary/aromatic N) is 2. The van der Waals surface area contributed by atoms with Crippen molar-refractivity contribution >= 4 is 17.3 Å². The maximum Gasteiger partial charge on any atom is 0.266 e. The average molecular weight is 344 g/mol. The molecule has 2 heterocycles. The first-order valence-corrected chi connectivity index (χ1v) is 8.37. The van der Waals surface area contributed by atoms with E-state index in [1.54, 1.807) is 25.3 Å². The highest BCUT2D eigenvalue weighted by molar-refractivity contribution is 5.90. The van der Waals surface area contributed by atoms with Crippen LogP contribution in [0.5, 0.6) is 0 Å². The zero-order chi connectivity index (χ0) is 17.8. The Kier molecular flexibility index (Phi) is 5.11. The normalized spacial score (nSPS) is 17.4. The second-order valence-electron chi connectivity index (χ2n) is 6.47. The molecule has 0 saturated carbocycles. The van der Waals surface area contributed by atoms with E-state index in [0.717, 1.165) is 25.1 Å². The third kappa shape index (κ3) is 4.43. The first-order chi connectivity index (χ1) is 12.0. The van der Waals surface area contributed by atoms with Crippen molar-refractivity contribution in [2.24, 2.45) is 5.92 Å². The maximum absolute atomic E-state index is 13.6. The van der Waals surface area contributed by atoms with Gasteiger partial charge in [-0.15, -0.1) is 0 Å². The molecular weight excluding hydrogens is 323 g/mol. The number of hydrogen-bond acceptors (Lipinski definition) is 4. The Labute approximate surface area is 145 Å². The van der Waals surface area contributed by atoms with Crippen LogP contribution in [0.2, 0.25) is 0 Å². The monoisotopic (exact) mass is 344 g/mol. The van der Waals surface area contributed by atoms with E-state index in [1.165, 1.54) is 12.1 Å². The molecule has 7 heteroatoms. The number of rotatable bonds is 4. The average Bonchev–Trinajstić information content (AvgIpc) is 2.58. The second kappa shape index (κ2) is 7.46. The van der Waals surface area contributed by atoms with E-state index < -0.39 is 0 Å². The number of anilines is 2. The largest absolute Gasteiger partial charge is 0.370 e. The van der Waals surface area contributed by atoms with E-state index in [9.17, 15) is 14.0 Å². The molecule has 0 spiro atoms. The summed E-state index contributed by atoms with van der Waals surface area (Å²) in [5.74, 6) is -0.272. The molecule has 1 aromatic heterocycles. The quantitative estimate of drug-likeness (QED) is 0.893. The fraction of sp³-hybridized carbons (Fsp3) is 0.389. The maximum atomic E-state index is 13.6. The summed E-state index contributed by atoms with van der Waals surface area (Å²) in [4.78, 5) is 25.7. The van der Waals surface area contributed by atoms with E-state index in [1.807, 2.05) is 0 Å². The van der Waals surface area contributed by atoms with Gasteiger partial charge in [-0.25, -0.2) is 9.49 Å². The molecule has 0 bridgehead atoms. The highest BCUT2D eigenvalue weighted by Gasteiger charge is 2.23. The molecule has 2 N–H and O–H groups in total. The Hall–Kier alpha value is -2.70. The minimum absolute atomic E-state index is 0.126. The van der Waals surface area contributed by atoms with Crippen LogP contribution in [0.3, 0.4) is 0 Å². The van der Waals surface area contributed by atoms with Crippen LogP contribution >= 0.6 is 0 Å². The predicted octanol–water partition coefficient (Wildman–Crippen LogP) is 2.46.